The summed E-state index contributed by atoms with van der Waals surface area (Å²) in [6, 6.07) is 11.3. The number of halogens is 2. The number of hydrogen-bond donors (Lipinski definition) is 2. The van der Waals surface area contributed by atoms with Crippen LogP contribution in [-0.2, 0) is 9.53 Å². The molecule has 2 N–H and O–H groups in total. The summed E-state index contributed by atoms with van der Waals surface area (Å²) in [6.07, 6.45) is 3.13. The fraction of sp³-hybridized carbons (Fsp3) is 0.462. The molecule has 0 radical (unpaired) electrons. The number of nitrogens with zero attached hydrogens (tertiary/aromatic N) is 1. The van der Waals surface area contributed by atoms with Gasteiger partial charge in [0, 0.05) is 25.2 Å². The summed E-state index contributed by atoms with van der Waals surface area (Å²) in [5.74, 6) is -0.0739. The average Bonchev–Trinajstić information content (AvgIpc) is 3.63. The molecule has 2 aliphatic rings. The predicted octanol–water partition coefficient (Wildman–Crippen LogP) is 3.10. The lowest BCUT2D eigenvalue weighted by Gasteiger charge is -2.31. The number of amides is 2. The summed E-state index contributed by atoms with van der Waals surface area (Å²) < 4.78 is 31.6. The van der Waals surface area contributed by atoms with Crippen molar-refractivity contribution in [2.75, 3.05) is 39.4 Å². The van der Waals surface area contributed by atoms with Gasteiger partial charge in [-0.3, -0.25) is 9.59 Å². The van der Waals surface area contributed by atoms with Crippen LogP contribution in [0.15, 0.2) is 48.5 Å². The predicted molar refractivity (Wildman–Crippen MR) is 124 cm³/mol. The number of carbonyl (C=O) groups excluding carboxylic acids is 2. The van der Waals surface area contributed by atoms with E-state index in [2.05, 4.69) is 10.6 Å². The van der Waals surface area contributed by atoms with E-state index in [0.29, 0.717) is 50.2 Å². The Hall–Kier alpha value is -2.84. The maximum absolute atomic E-state index is 13.2. The molecule has 4 rings (SSSR count). The molecule has 0 spiro atoms. The standard InChI is InChI=1S/C26H31F2N3O3/c27-21-7-3-18(4-8-21)23-16-20(23)2-1-11-29-17-24(26(33)31-12-14-34-15-13-31)30-25(32)19-5-9-22(28)10-6-19/h3-10,20,23-24,29H,1-2,11-17H2,(H,30,32)/t20?,23-,24-/m0/s1. The lowest BCUT2D eigenvalue weighted by Crippen LogP contribution is -2.55. The molecular weight excluding hydrogens is 440 g/mol. The van der Waals surface area contributed by atoms with Crippen molar-refractivity contribution >= 4 is 11.8 Å². The van der Waals surface area contributed by atoms with Gasteiger partial charge in [0.2, 0.25) is 5.91 Å². The molecule has 1 saturated heterocycles. The van der Waals surface area contributed by atoms with Crippen molar-refractivity contribution in [1.29, 1.82) is 0 Å². The van der Waals surface area contributed by atoms with Crippen LogP contribution in [0.1, 0.15) is 41.1 Å². The highest BCUT2D eigenvalue weighted by molar-refractivity contribution is 5.97. The Balaban J connectivity index is 1.25. The van der Waals surface area contributed by atoms with Gasteiger partial charge in [-0.1, -0.05) is 12.1 Å². The Bertz CT molecular complexity index is 962. The molecule has 34 heavy (non-hydrogen) atoms. The second kappa shape index (κ2) is 11.5. The minimum Gasteiger partial charge on any atom is -0.378 e. The maximum atomic E-state index is 13.2. The van der Waals surface area contributed by atoms with E-state index >= 15 is 0 Å². The van der Waals surface area contributed by atoms with Crippen molar-refractivity contribution in [3.63, 3.8) is 0 Å². The van der Waals surface area contributed by atoms with Gasteiger partial charge >= 0.3 is 0 Å². The van der Waals surface area contributed by atoms with Crippen LogP contribution < -0.4 is 10.6 Å². The molecule has 3 atom stereocenters. The van der Waals surface area contributed by atoms with Crippen LogP contribution in [-0.4, -0.2) is 62.1 Å². The van der Waals surface area contributed by atoms with Crippen molar-refractivity contribution in [1.82, 2.24) is 15.5 Å². The monoisotopic (exact) mass is 471 g/mol. The molecule has 2 aromatic carbocycles. The third-order valence-electron chi connectivity index (χ3n) is 6.53. The Morgan fingerprint density at radius 3 is 2.32 bits per heavy atom. The van der Waals surface area contributed by atoms with Crippen molar-refractivity contribution < 1.29 is 23.1 Å². The first kappa shape index (κ1) is 24.3. The molecule has 1 heterocycles. The molecule has 1 saturated carbocycles. The van der Waals surface area contributed by atoms with Crippen LogP contribution in [0.2, 0.25) is 0 Å². The SMILES string of the molecule is O=C(N[C@@H](CNCCCC1C[C@H]1c1ccc(F)cc1)C(=O)N1CCOCC1)c1ccc(F)cc1. The lowest BCUT2D eigenvalue weighted by molar-refractivity contribution is -0.137. The van der Waals surface area contributed by atoms with Gasteiger partial charge in [0.05, 0.1) is 13.2 Å². The zero-order valence-corrected chi connectivity index (χ0v) is 19.1. The van der Waals surface area contributed by atoms with Gasteiger partial charge in [-0.15, -0.1) is 0 Å². The van der Waals surface area contributed by atoms with Gasteiger partial charge in [-0.25, -0.2) is 8.78 Å². The van der Waals surface area contributed by atoms with Crippen molar-refractivity contribution in [2.24, 2.45) is 5.92 Å². The molecule has 6 nitrogen and oxygen atoms in total. The molecule has 1 aliphatic carbocycles. The number of carbonyl (C=O) groups is 2. The third-order valence-corrected chi connectivity index (χ3v) is 6.53. The summed E-state index contributed by atoms with van der Waals surface area (Å²) in [5.41, 5.74) is 1.50. The van der Waals surface area contributed by atoms with Crippen LogP contribution in [0.4, 0.5) is 8.78 Å². The molecule has 0 aromatic heterocycles. The molecular formula is C26H31F2N3O3. The largest absolute Gasteiger partial charge is 0.378 e. The van der Waals surface area contributed by atoms with Crippen LogP contribution in [0.3, 0.4) is 0 Å². The van der Waals surface area contributed by atoms with Gasteiger partial charge in [0.25, 0.3) is 5.91 Å². The highest BCUT2D eigenvalue weighted by Gasteiger charge is 2.37. The topological polar surface area (TPSA) is 70.7 Å². The number of rotatable bonds is 10. The average molecular weight is 472 g/mol. The number of ether oxygens (including phenoxy) is 1. The molecule has 2 aromatic rings. The molecule has 0 bridgehead atoms. The van der Waals surface area contributed by atoms with Crippen LogP contribution in [0, 0.1) is 17.6 Å². The quantitative estimate of drug-likeness (QED) is 0.523. The fourth-order valence-electron chi connectivity index (χ4n) is 4.47. The Morgan fingerprint density at radius 2 is 1.65 bits per heavy atom. The Labute approximate surface area is 198 Å². The van der Waals surface area contributed by atoms with Crippen molar-refractivity contribution in [3.8, 4) is 0 Å². The van der Waals surface area contributed by atoms with Crippen LogP contribution in [0.5, 0.6) is 0 Å². The van der Waals surface area contributed by atoms with Crippen LogP contribution in [0.25, 0.3) is 0 Å². The summed E-state index contributed by atoms with van der Waals surface area (Å²) in [5, 5.41) is 6.12. The van der Waals surface area contributed by atoms with E-state index in [1.165, 1.54) is 42.0 Å². The summed E-state index contributed by atoms with van der Waals surface area (Å²) in [7, 11) is 0. The number of morpholine rings is 1. The zero-order chi connectivity index (χ0) is 23.9. The third kappa shape index (κ3) is 6.61. The molecule has 2 amide bonds. The fourth-order valence-corrected chi connectivity index (χ4v) is 4.47. The van der Waals surface area contributed by atoms with Gasteiger partial charge in [0.1, 0.15) is 17.7 Å². The highest BCUT2D eigenvalue weighted by Crippen LogP contribution is 2.49. The Morgan fingerprint density at radius 1 is 1.00 bits per heavy atom. The number of hydrogen-bond acceptors (Lipinski definition) is 4. The zero-order valence-electron chi connectivity index (χ0n) is 19.1. The lowest BCUT2D eigenvalue weighted by atomic mass is 10.1. The van der Waals surface area contributed by atoms with Crippen molar-refractivity contribution in [2.45, 2.75) is 31.2 Å². The number of benzene rings is 2. The first-order chi connectivity index (χ1) is 16.5. The van der Waals surface area contributed by atoms with Gasteiger partial charge in [0.15, 0.2) is 0 Å². The molecule has 1 unspecified atom stereocenters. The van der Waals surface area contributed by atoms with E-state index in [1.54, 1.807) is 4.90 Å². The molecule has 2 fully saturated rings. The smallest absolute Gasteiger partial charge is 0.251 e. The molecule has 182 valence electrons. The minimum atomic E-state index is -0.719. The van der Waals surface area contributed by atoms with Gasteiger partial charge in [-0.2, -0.15) is 0 Å². The van der Waals surface area contributed by atoms with Gasteiger partial charge in [-0.05, 0) is 79.6 Å². The van der Waals surface area contributed by atoms with Crippen LogP contribution >= 0.6 is 0 Å². The molecule has 1 aliphatic heterocycles. The maximum Gasteiger partial charge on any atom is 0.251 e. The second-order valence-electron chi connectivity index (χ2n) is 8.97. The second-order valence-corrected chi connectivity index (χ2v) is 8.97. The van der Waals surface area contributed by atoms with E-state index in [-0.39, 0.29) is 11.7 Å². The van der Waals surface area contributed by atoms with E-state index in [4.69, 9.17) is 4.74 Å². The van der Waals surface area contributed by atoms with Gasteiger partial charge < -0.3 is 20.3 Å². The summed E-state index contributed by atoms with van der Waals surface area (Å²) in [6.45, 7) is 2.99. The minimum absolute atomic E-state index is 0.148. The van der Waals surface area contributed by atoms with E-state index in [0.717, 1.165) is 25.8 Å². The summed E-state index contributed by atoms with van der Waals surface area (Å²) >= 11 is 0. The first-order valence-electron chi connectivity index (χ1n) is 11.9. The normalized spacial score (nSPS) is 20.6. The first-order valence-corrected chi connectivity index (χ1v) is 11.9. The number of nitrogens with one attached hydrogen (secondary N) is 2. The van der Waals surface area contributed by atoms with E-state index in [9.17, 15) is 18.4 Å². The molecule has 8 heteroatoms. The summed E-state index contributed by atoms with van der Waals surface area (Å²) in [4.78, 5) is 27.4. The van der Waals surface area contributed by atoms with E-state index < -0.39 is 17.8 Å². The highest BCUT2D eigenvalue weighted by atomic mass is 19.1. The van der Waals surface area contributed by atoms with Crippen molar-refractivity contribution in [3.05, 3.63) is 71.3 Å². The van der Waals surface area contributed by atoms with E-state index in [1.807, 2.05) is 12.1 Å². The Kier molecular flexibility index (Phi) is 8.24.